The third-order valence-corrected chi connectivity index (χ3v) is 5.87. The van der Waals surface area contributed by atoms with Crippen molar-refractivity contribution in [1.29, 1.82) is 0 Å². The lowest BCUT2D eigenvalue weighted by Gasteiger charge is -2.27. The fourth-order valence-electron chi connectivity index (χ4n) is 4.09. The van der Waals surface area contributed by atoms with Gasteiger partial charge in [-0.05, 0) is 29.8 Å². The summed E-state index contributed by atoms with van der Waals surface area (Å²) in [4.78, 5) is 27.9. The fraction of sp³-hybridized carbons (Fsp3) is 0.269. The first-order chi connectivity index (χ1) is 16.5. The predicted octanol–water partition coefficient (Wildman–Crippen LogP) is 3.63. The van der Waals surface area contributed by atoms with E-state index < -0.39 is 11.7 Å². The maximum atomic E-state index is 14.3. The number of methoxy groups -OCH3 is 1. The summed E-state index contributed by atoms with van der Waals surface area (Å²) in [5, 5.41) is 6.12. The van der Waals surface area contributed by atoms with Crippen LogP contribution >= 0.6 is 0 Å². The van der Waals surface area contributed by atoms with E-state index in [1.165, 1.54) is 35.2 Å². The van der Waals surface area contributed by atoms with Crippen molar-refractivity contribution in [2.45, 2.75) is 12.5 Å². The van der Waals surface area contributed by atoms with E-state index in [1.807, 2.05) is 60.3 Å². The highest BCUT2D eigenvalue weighted by atomic mass is 19.1. The Morgan fingerprint density at radius 3 is 2.50 bits per heavy atom. The lowest BCUT2D eigenvalue weighted by atomic mass is 10.0. The normalized spacial score (nSPS) is 15.3. The van der Waals surface area contributed by atoms with E-state index in [-0.39, 0.29) is 37.2 Å². The number of nitrogens with zero attached hydrogens (tertiary/aromatic N) is 4. The van der Waals surface area contributed by atoms with Gasteiger partial charge in [-0.3, -0.25) is 9.59 Å². The predicted molar refractivity (Wildman–Crippen MR) is 127 cm³/mol. The Labute approximate surface area is 198 Å². The molecule has 1 aliphatic rings. The molecule has 0 radical (unpaired) electrons. The summed E-state index contributed by atoms with van der Waals surface area (Å²) < 4.78 is 21.4. The summed E-state index contributed by atoms with van der Waals surface area (Å²) in [6.45, 7) is 0.116. The first-order valence-corrected chi connectivity index (χ1v) is 11.1. The zero-order chi connectivity index (χ0) is 24.1. The van der Waals surface area contributed by atoms with Crippen molar-refractivity contribution >= 4 is 17.5 Å². The molecule has 1 aliphatic heterocycles. The SMILES string of the molecule is COCCN(CC(=O)N1N=C(c2cccn2C)CC1c1ccccc1)C(=O)c1ccccc1F. The van der Waals surface area contributed by atoms with Gasteiger partial charge in [-0.1, -0.05) is 42.5 Å². The molecule has 0 aliphatic carbocycles. The van der Waals surface area contributed by atoms with Gasteiger partial charge < -0.3 is 14.2 Å². The summed E-state index contributed by atoms with van der Waals surface area (Å²) in [6, 6.07) is 19.0. The Morgan fingerprint density at radius 2 is 1.82 bits per heavy atom. The number of halogens is 1. The van der Waals surface area contributed by atoms with Crippen LogP contribution in [0.1, 0.15) is 34.1 Å². The summed E-state index contributed by atoms with van der Waals surface area (Å²) in [5.41, 5.74) is 2.58. The van der Waals surface area contributed by atoms with Crippen molar-refractivity contribution in [1.82, 2.24) is 14.5 Å². The molecule has 2 aromatic carbocycles. The number of rotatable bonds is 8. The van der Waals surface area contributed by atoms with Crippen molar-refractivity contribution < 1.29 is 18.7 Å². The molecule has 176 valence electrons. The molecule has 4 rings (SSSR count). The Morgan fingerprint density at radius 1 is 1.09 bits per heavy atom. The van der Waals surface area contributed by atoms with Crippen LogP contribution in [0.25, 0.3) is 0 Å². The number of hydrogen-bond acceptors (Lipinski definition) is 4. The van der Waals surface area contributed by atoms with Crippen molar-refractivity contribution in [2.24, 2.45) is 12.1 Å². The third-order valence-electron chi connectivity index (χ3n) is 5.87. The number of ether oxygens (including phenoxy) is 1. The van der Waals surface area contributed by atoms with Crippen LogP contribution in [0, 0.1) is 5.82 Å². The van der Waals surface area contributed by atoms with Crippen molar-refractivity contribution in [3.05, 3.63) is 95.6 Å². The largest absolute Gasteiger partial charge is 0.383 e. The van der Waals surface area contributed by atoms with E-state index in [9.17, 15) is 14.0 Å². The topological polar surface area (TPSA) is 67.1 Å². The Balaban J connectivity index is 1.62. The van der Waals surface area contributed by atoms with Gasteiger partial charge in [-0.25, -0.2) is 9.40 Å². The summed E-state index contributed by atoms with van der Waals surface area (Å²) in [5.74, 6) is -1.54. The second kappa shape index (κ2) is 10.4. The Bertz CT molecular complexity index is 1190. The quantitative estimate of drug-likeness (QED) is 0.514. The molecule has 8 heteroatoms. The maximum Gasteiger partial charge on any atom is 0.262 e. The molecule has 0 spiro atoms. The number of aromatic nitrogens is 1. The van der Waals surface area contributed by atoms with E-state index >= 15 is 0 Å². The first kappa shape index (κ1) is 23.4. The van der Waals surface area contributed by atoms with Crippen LogP contribution < -0.4 is 0 Å². The van der Waals surface area contributed by atoms with Crippen LogP contribution in [-0.4, -0.2) is 58.8 Å². The maximum absolute atomic E-state index is 14.3. The number of hydrazone groups is 1. The van der Waals surface area contributed by atoms with E-state index in [1.54, 1.807) is 6.07 Å². The number of aryl methyl sites for hydroxylation is 1. The molecule has 2 amide bonds. The molecule has 0 bridgehead atoms. The minimum absolute atomic E-state index is 0.0829. The lowest BCUT2D eigenvalue weighted by molar-refractivity contribution is -0.133. The van der Waals surface area contributed by atoms with Crippen molar-refractivity contribution in [3.8, 4) is 0 Å². The average Bonchev–Trinajstić information content (AvgIpc) is 3.48. The third kappa shape index (κ3) is 4.92. The molecule has 1 unspecified atom stereocenters. The minimum atomic E-state index is -0.630. The summed E-state index contributed by atoms with van der Waals surface area (Å²) in [7, 11) is 3.44. The molecule has 2 heterocycles. The van der Waals surface area contributed by atoms with Crippen molar-refractivity contribution in [3.63, 3.8) is 0 Å². The fourth-order valence-corrected chi connectivity index (χ4v) is 4.09. The highest BCUT2D eigenvalue weighted by molar-refractivity contribution is 6.02. The van der Waals surface area contributed by atoms with Gasteiger partial charge in [0.1, 0.15) is 12.4 Å². The van der Waals surface area contributed by atoms with Gasteiger partial charge in [0.05, 0.1) is 29.6 Å². The number of benzene rings is 2. The van der Waals surface area contributed by atoms with Crippen LogP contribution in [0.2, 0.25) is 0 Å². The number of carbonyl (C=O) groups excluding carboxylic acids is 2. The lowest BCUT2D eigenvalue weighted by Crippen LogP contribution is -2.43. The van der Waals surface area contributed by atoms with E-state index in [4.69, 9.17) is 4.74 Å². The Hall–Kier alpha value is -3.78. The second-order valence-corrected chi connectivity index (χ2v) is 8.12. The molecule has 34 heavy (non-hydrogen) atoms. The highest BCUT2D eigenvalue weighted by Crippen LogP contribution is 2.33. The monoisotopic (exact) mass is 462 g/mol. The van der Waals surface area contributed by atoms with E-state index in [2.05, 4.69) is 5.10 Å². The summed E-state index contributed by atoms with van der Waals surface area (Å²) in [6.07, 6.45) is 2.48. The second-order valence-electron chi connectivity index (χ2n) is 8.12. The molecular weight excluding hydrogens is 435 g/mol. The zero-order valence-corrected chi connectivity index (χ0v) is 19.2. The van der Waals surface area contributed by atoms with Gasteiger partial charge in [0, 0.05) is 33.3 Å². The van der Waals surface area contributed by atoms with Crippen LogP contribution in [0.15, 0.2) is 78.0 Å². The van der Waals surface area contributed by atoms with Gasteiger partial charge in [0.25, 0.3) is 11.8 Å². The van der Waals surface area contributed by atoms with E-state index in [0.717, 1.165) is 17.0 Å². The molecular formula is C26H27FN4O3. The molecule has 1 aromatic heterocycles. The molecule has 0 saturated carbocycles. The van der Waals surface area contributed by atoms with Gasteiger partial charge >= 0.3 is 0 Å². The smallest absolute Gasteiger partial charge is 0.262 e. The molecule has 7 nitrogen and oxygen atoms in total. The van der Waals surface area contributed by atoms with Gasteiger partial charge in [0.15, 0.2) is 0 Å². The molecule has 0 saturated heterocycles. The molecule has 0 fully saturated rings. The minimum Gasteiger partial charge on any atom is -0.383 e. The highest BCUT2D eigenvalue weighted by Gasteiger charge is 2.35. The van der Waals surface area contributed by atoms with Crippen LogP contribution in [0.5, 0.6) is 0 Å². The number of hydrogen-bond donors (Lipinski definition) is 0. The van der Waals surface area contributed by atoms with Gasteiger partial charge in [-0.2, -0.15) is 5.10 Å². The van der Waals surface area contributed by atoms with Gasteiger partial charge in [0.2, 0.25) is 0 Å². The standard InChI is InChI=1S/C26H27FN4O3/c1-29-14-8-13-23(29)22-17-24(19-9-4-3-5-10-19)31(28-22)25(32)18-30(15-16-34-2)26(33)20-11-6-7-12-21(20)27/h3-14,24H,15-18H2,1-2H3. The van der Waals surface area contributed by atoms with Gasteiger partial charge in [-0.15, -0.1) is 0 Å². The van der Waals surface area contributed by atoms with E-state index in [0.29, 0.717) is 6.42 Å². The zero-order valence-electron chi connectivity index (χ0n) is 19.2. The number of carbonyl (C=O) groups is 2. The molecule has 0 N–H and O–H groups in total. The molecule has 3 aromatic rings. The first-order valence-electron chi connectivity index (χ1n) is 11.1. The average molecular weight is 463 g/mol. The number of amides is 2. The molecule has 1 atom stereocenters. The van der Waals surface area contributed by atoms with Crippen LogP contribution in [-0.2, 0) is 16.6 Å². The van der Waals surface area contributed by atoms with Crippen LogP contribution in [0.3, 0.4) is 0 Å². The van der Waals surface area contributed by atoms with Crippen LogP contribution in [0.4, 0.5) is 4.39 Å². The van der Waals surface area contributed by atoms with Crippen molar-refractivity contribution in [2.75, 3.05) is 26.8 Å². The Kier molecular flexibility index (Phi) is 7.18. The summed E-state index contributed by atoms with van der Waals surface area (Å²) >= 11 is 0.